The SMILES string of the molecule is O=S(=O)([O-])C(F)(F)F.c1ccc([S+](c2ccccc2)c2ccc(OCCOC3CCCCO3)cc2)cc1. The molecule has 0 N–H and O–H groups in total. The average Bonchev–Trinajstić information content (AvgIpc) is 2.89. The van der Waals surface area contributed by atoms with Crippen LogP contribution in [-0.2, 0) is 30.5 Å². The summed E-state index contributed by atoms with van der Waals surface area (Å²) in [5.41, 5.74) is -5.65. The van der Waals surface area contributed by atoms with Crippen molar-refractivity contribution in [1.29, 1.82) is 0 Å². The zero-order chi connectivity index (χ0) is 26.7. The van der Waals surface area contributed by atoms with Gasteiger partial charge in [0.1, 0.15) is 12.4 Å². The Morgan fingerprint density at radius 3 is 1.81 bits per heavy atom. The molecule has 1 aliphatic heterocycles. The first-order valence-corrected chi connectivity index (χ1v) is 14.1. The highest BCUT2D eigenvalue weighted by molar-refractivity contribution is 7.97. The Balaban J connectivity index is 0.000000414. The van der Waals surface area contributed by atoms with E-state index in [4.69, 9.17) is 27.2 Å². The van der Waals surface area contributed by atoms with Gasteiger partial charge < -0.3 is 18.8 Å². The van der Waals surface area contributed by atoms with Gasteiger partial charge in [-0.1, -0.05) is 36.4 Å². The lowest BCUT2D eigenvalue weighted by Crippen LogP contribution is -2.24. The summed E-state index contributed by atoms with van der Waals surface area (Å²) in [5.74, 6) is 0.867. The molecule has 3 aromatic carbocycles. The van der Waals surface area contributed by atoms with E-state index in [1.54, 1.807) is 0 Å². The molecular weight excluding hydrogens is 529 g/mol. The fourth-order valence-electron chi connectivity index (χ4n) is 3.38. The summed E-state index contributed by atoms with van der Waals surface area (Å²) in [6, 6.07) is 29.8. The normalized spacial score (nSPS) is 16.1. The second-order valence-electron chi connectivity index (χ2n) is 7.82. The Morgan fingerprint density at radius 1 is 0.838 bits per heavy atom. The van der Waals surface area contributed by atoms with E-state index in [2.05, 4.69) is 84.9 Å². The minimum Gasteiger partial charge on any atom is -0.741 e. The fraction of sp³-hybridized carbons (Fsp3) is 0.308. The highest BCUT2D eigenvalue weighted by Crippen LogP contribution is 2.31. The fourth-order valence-corrected chi connectivity index (χ4v) is 5.46. The van der Waals surface area contributed by atoms with Crippen LogP contribution >= 0.6 is 0 Å². The van der Waals surface area contributed by atoms with Gasteiger partial charge in [-0.25, -0.2) is 8.42 Å². The van der Waals surface area contributed by atoms with Crippen LogP contribution in [-0.4, -0.2) is 44.6 Å². The van der Waals surface area contributed by atoms with Crippen molar-refractivity contribution in [3.63, 3.8) is 0 Å². The smallest absolute Gasteiger partial charge is 0.485 e. The van der Waals surface area contributed by atoms with E-state index in [0.717, 1.165) is 25.2 Å². The van der Waals surface area contributed by atoms with E-state index in [1.165, 1.54) is 21.1 Å². The van der Waals surface area contributed by atoms with Gasteiger partial charge >= 0.3 is 5.51 Å². The first-order chi connectivity index (χ1) is 17.6. The van der Waals surface area contributed by atoms with Crippen LogP contribution in [0.2, 0.25) is 0 Å². The van der Waals surface area contributed by atoms with Crippen molar-refractivity contribution in [3.05, 3.63) is 84.9 Å². The molecule has 1 atom stereocenters. The summed E-state index contributed by atoms with van der Waals surface area (Å²) in [6.07, 6.45) is 3.23. The molecule has 1 aliphatic rings. The topological polar surface area (TPSA) is 84.9 Å². The van der Waals surface area contributed by atoms with Crippen molar-refractivity contribution in [3.8, 4) is 5.75 Å². The summed E-state index contributed by atoms with van der Waals surface area (Å²) in [7, 11) is -6.22. The number of hydrogen-bond donors (Lipinski definition) is 0. The summed E-state index contributed by atoms with van der Waals surface area (Å²) < 4.78 is 76.1. The van der Waals surface area contributed by atoms with Crippen molar-refractivity contribution in [2.45, 2.75) is 45.7 Å². The van der Waals surface area contributed by atoms with Gasteiger partial charge in [-0.3, -0.25) is 0 Å². The maximum atomic E-state index is 10.7. The first kappa shape index (κ1) is 29.0. The maximum Gasteiger partial charge on any atom is 0.485 e. The van der Waals surface area contributed by atoms with Gasteiger partial charge in [0.2, 0.25) is 0 Å². The van der Waals surface area contributed by atoms with Crippen molar-refractivity contribution < 1.29 is 40.4 Å². The summed E-state index contributed by atoms with van der Waals surface area (Å²) in [6.45, 7) is 1.88. The predicted molar refractivity (Wildman–Crippen MR) is 132 cm³/mol. The molecule has 1 fully saturated rings. The Hall–Kier alpha value is -2.57. The number of benzene rings is 3. The summed E-state index contributed by atoms with van der Waals surface area (Å²) >= 11 is 0. The minimum atomic E-state index is -6.09. The van der Waals surface area contributed by atoms with Gasteiger partial charge in [-0.15, -0.1) is 0 Å². The van der Waals surface area contributed by atoms with Crippen LogP contribution in [0.3, 0.4) is 0 Å². The number of alkyl halides is 3. The minimum absolute atomic E-state index is 0.0616. The highest BCUT2D eigenvalue weighted by Gasteiger charge is 2.37. The van der Waals surface area contributed by atoms with E-state index in [-0.39, 0.29) is 17.2 Å². The third kappa shape index (κ3) is 9.35. The van der Waals surface area contributed by atoms with E-state index >= 15 is 0 Å². The van der Waals surface area contributed by atoms with Gasteiger partial charge in [0.15, 0.2) is 31.1 Å². The van der Waals surface area contributed by atoms with E-state index in [0.29, 0.717) is 13.2 Å². The lowest BCUT2D eigenvalue weighted by Gasteiger charge is -2.22. The molecule has 11 heteroatoms. The molecule has 3 aromatic rings. The molecular formula is C26H27F3O6S2. The number of hydrogen-bond acceptors (Lipinski definition) is 6. The first-order valence-electron chi connectivity index (χ1n) is 11.5. The van der Waals surface area contributed by atoms with Crippen molar-refractivity contribution in [2.75, 3.05) is 19.8 Å². The van der Waals surface area contributed by atoms with E-state index in [9.17, 15) is 13.2 Å². The molecule has 0 aromatic heterocycles. The Morgan fingerprint density at radius 2 is 1.35 bits per heavy atom. The van der Waals surface area contributed by atoms with Crippen LogP contribution in [0.1, 0.15) is 19.3 Å². The van der Waals surface area contributed by atoms with Crippen LogP contribution in [0.4, 0.5) is 13.2 Å². The summed E-state index contributed by atoms with van der Waals surface area (Å²) in [5, 5.41) is 0. The van der Waals surface area contributed by atoms with Crippen molar-refractivity contribution in [2.24, 2.45) is 0 Å². The molecule has 200 valence electrons. The zero-order valence-electron chi connectivity index (χ0n) is 19.8. The number of halogens is 3. The van der Waals surface area contributed by atoms with Crippen molar-refractivity contribution in [1.82, 2.24) is 0 Å². The number of rotatable bonds is 8. The molecule has 0 aliphatic carbocycles. The van der Waals surface area contributed by atoms with Gasteiger partial charge in [0, 0.05) is 6.61 Å². The van der Waals surface area contributed by atoms with Crippen molar-refractivity contribution >= 4 is 21.0 Å². The van der Waals surface area contributed by atoms with Crippen LogP contribution in [0.25, 0.3) is 0 Å². The van der Waals surface area contributed by atoms with Crippen LogP contribution in [0, 0.1) is 0 Å². The summed E-state index contributed by atoms with van der Waals surface area (Å²) in [4.78, 5) is 3.91. The molecule has 0 spiro atoms. The molecule has 1 unspecified atom stereocenters. The lowest BCUT2D eigenvalue weighted by atomic mass is 10.2. The third-order valence-corrected chi connectivity index (χ3v) is 7.89. The molecule has 6 nitrogen and oxygen atoms in total. The van der Waals surface area contributed by atoms with Gasteiger partial charge in [0.05, 0.1) is 17.5 Å². The highest BCUT2D eigenvalue weighted by atomic mass is 32.2. The molecule has 0 radical (unpaired) electrons. The zero-order valence-corrected chi connectivity index (χ0v) is 21.4. The molecule has 1 saturated heterocycles. The quantitative estimate of drug-likeness (QED) is 0.152. The standard InChI is InChI=1S/C25H27O3S.CHF3O3S/c1-3-9-22(10-4-1)29(23-11-5-2-6-12-23)24-16-14-21(15-17-24)26-19-20-28-25-13-7-8-18-27-25;2-1(3,4)8(5,6)7/h1-6,9-12,14-17,25H,7-8,13,18-20H2;(H,5,6,7)/q+1;/p-1. The van der Waals surface area contributed by atoms with E-state index in [1.807, 2.05) is 0 Å². The average molecular weight is 557 g/mol. The van der Waals surface area contributed by atoms with E-state index < -0.39 is 15.6 Å². The van der Waals surface area contributed by atoms with Gasteiger partial charge in [0.25, 0.3) is 0 Å². The molecule has 1 heterocycles. The van der Waals surface area contributed by atoms with Gasteiger partial charge in [-0.05, 0) is 67.8 Å². The van der Waals surface area contributed by atoms with Crippen LogP contribution < -0.4 is 4.74 Å². The lowest BCUT2D eigenvalue weighted by molar-refractivity contribution is -0.165. The van der Waals surface area contributed by atoms with Gasteiger partial charge in [-0.2, -0.15) is 13.2 Å². The Bertz CT molecular complexity index is 1130. The molecule has 4 rings (SSSR count). The second kappa shape index (κ2) is 13.8. The maximum absolute atomic E-state index is 10.7. The largest absolute Gasteiger partial charge is 0.741 e. The Labute approximate surface area is 217 Å². The number of ether oxygens (including phenoxy) is 3. The third-order valence-electron chi connectivity index (χ3n) is 5.09. The second-order valence-corrected chi connectivity index (χ2v) is 11.2. The molecule has 0 bridgehead atoms. The predicted octanol–water partition coefficient (Wildman–Crippen LogP) is 5.76. The molecule has 37 heavy (non-hydrogen) atoms. The van der Waals surface area contributed by atoms with Crippen LogP contribution in [0.5, 0.6) is 5.75 Å². The molecule has 0 saturated carbocycles. The monoisotopic (exact) mass is 556 g/mol. The van der Waals surface area contributed by atoms with Crippen LogP contribution in [0.15, 0.2) is 99.6 Å². The molecule has 0 amide bonds. The Kier molecular flexibility index (Phi) is 10.8.